The Morgan fingerprint density at radius 3 is 2.11 bits per heavy atom. The monoisotopic (exact) mass is 395 g/mol. The minimum Gasteiger partial charge on any atom is -0.406 e. The van der Waals surface area contributed by atoms with Crippen LogP contribution in [0.3, 0.4) is 0 Å². The van der Waals surface area contributed by atoms with Gasteiger partial charge in [0.25, 0.3) is 0 Å². The summed E-state index contributed by atoms with van der Waals surface area (Å²) in [5.41, 5.74) is 2.56. The third kappa shape index (κ3) is 6.45. The zero-order valence-electron chi connectivity index (χ0n) is 16.2. The lowest BCUT2D eigenvalue weighted by Crippen LogP contribution is -2.39. The summed E-state index contributed by atoms with van der Waals surface area (Å²) in [5.74, 6) is -0.589. The van der Waals surface area contributed by atoms with E-state index in [-0.39, 0.29) is 11.7 Å². The van der Waals surface area contributed by atoms with Crippen LogP contribution in [0.4, 0.5) is 24.5 Å². The third-order valence-corrected chi connectivity index (χ3v) is 4.28. The highest BCUT2D eigenvalue weighted by molar-refractivity contribution is 5.94. The van der Waals surface area contributed by atoms with Crippen LogP contribution in [0.15, 0.2) is 48.5 Å². The number of halogens is 3. The molecule has 28 heavy (non-hydrogen) atoms. The molecule has 1 atom stereocenters. The van der Waals surface area contributed by atoms with Crippen molar-refractivity contribution in [2.75, 3.05) is 31.4 Å². The van der Waals surface area contributed by atoms with Gasteiger partial charge in [-0.1, -0.05) is 12.1 Å². The summed E-state index contributed by atoms with van der Waals surface area (Å²) in [6, 6.07) is 12.7. The molecule has 2 rings (SSSR count). The van der Waals surface area contributed by atoms with E-state index < -0.39 is 12.4 Å². The van der Waals surface area contributed by atoms with E-state index in [9.17, 15) is 18.0 Å². The zero-order valence-corrected chi connectivity index (χ0v) is 16.2. The van der Waals surface area contributed by atoms with Gasteiger partial charge in [-0.25, -0.2) is 0 Å². The summed E-state index contributed by atoms with van der Waals surface area (Å²) >= 11 is 0. The molecule has 2 aromatic rings. The predicted octanol–water partition coefficient (Wildman–Crippen LogP) is 4.11. The number of nitrogens with one attached hydrogen (secondary N) is 1. The number of carbonyl (C=O) groups excluding carboxylic acids is 1. The first-order valence-corrected chi connectivity index (χ1v) is 8.68. The van der Waals surface area contributed by atoms with Crippen LogP contribution in [0.2, 0.25) is 0 Å². The molecular weight excluding hydrogens is 371 g/mol. The minimum atomic E-state index is -4.74. The van der Waals surface area contributed by atoms with Crippen LogP contribution in [0.1, 0.15) is 12.5 Å². The van der Waals surface area contributed by atoms with Crippen LogP contribution in [0, 0.1) is 0 Å². The van der Waals surface area contributed by atoms with Crippen molar-refractivity contribution in [3.05, 3.63) is 54.1 Å². The van der Waals surface area contributed by atoms with Crippen molar-refractivity contribution in [2.24, 2.45) is 0 Å². The summed E-state index contributed by atoms with van der Waals surface area (Å²) < 4.78 is 40.4. The van der Waals surface area contributed by atoms with Crippen molar-refractivity contribution in [1.29, 1.82) is 0 Å². The average molecular weight is 395 g/mol. The normalized spacial score (nSPS) is 12.6. The summed E-state index contributed by atoms with van der Waals surface area (Å²) in [6.07, 6.45) is -4.74. The second-order valence-corrected chi connectivity index (χ2v) is 6.71. The van der Waals surface area contributed by atoms with Gasteiger partial charge in [0.1, 0.15) is 5.75 Å². The van der Waals surface area contributed by atoms with E-state index in [1.165, 1.54) is 12.1 Å². The molecule has 0 aromatic heterocycles. The Morgan fingerprint density at radius 1 is 1.04 bits per heavy atom. The standard InChI is InChI=1S/C20H24F3N3O2/c1-14(26(4)13-15-5-9-17(10-6-15)25(2)3)19(27)24-16-7-11-18(12-8-16)28-20(21,22)23/h5-12,14H,13H2,1-4H3,(H,24,27)/t14-/m1/s1. The van der Waals surface area contributed by atoms with Crippen LogP contribution in [-0.4, -0.2) is 44.4 Å². The largest absolute Gasteiger partial charge is 0.573 e. The van der Waals surface area contributed by atoms with E-state index in [2.05, 4.69) is 10.1 Å². The molecule has 152 valence electrons. The maximum atomic E-state index is 12.4. The molecule has 0 aliphatic heterocycles. The van der Waals surface area contributed by atoms with E-state index in [0.29, 0.717) is 12.2 Å². The van der Waals surface area contributed by atoms with Gasteiger partial charge in [-0.15, -0.1) is 13.2 Å². The Morgan fingerprint density at radius 2 is 1.61 bits per heavy atom. The molecule has 0 aliphatic rings. The molecule has 0 aliphatic carbocycles. The summed E-state index contributed by atoms with van der Waals surface area (Å²) in [7, 11) is 5.77. The molecule has 0 fully saturated rings. The number of rotatable bonds is 7. The lowest BCUT2D eigenvalue weighted by molar-refractivity contribution is -0.274. The Kier molecular flexibility index (Phi) is 6.90. The number of hydrogen-bond acceptors (Lipinski definition) is 4. The fraction of sp³-hybridized carbons (Fsp3) is 0.350. The van der Waals surface area contributed by atoms with Gasteiger partial charge >= 0.3 is 6.36 Å². The smallest absolute Gasteiger partial charge is 0.406 e. The first-order chi connectivity index (χ1) is 13.0. The Labute approximate surface area is 162 Å². The van der Waals surface area contributed by atoms with E-state index in [1.807, 2.05) is 55.2 Å². The van der Waals surface area contributed by atoms with Gasteiger partial charge in [0.05, 0.1) is 6.04 Å². The fourth-order valence-electron chi connectivity index (χ4n) is 2.51. The number of alkyl halides is 3. The predicted molar refractivity (Wildman–Crippen MR) is 103 cm³/mol. The number of hydrogen-bond donors (Lipinski definition) is 1. The van der Waals surface area contributed by atoms with Gasteiger partial charge in [-0.2, -0.15) is 0 Å². The summed E-state index contributed by atoms with van der Waals surface area (Å²) in [6.45, 7) is 2.35. The fourth-order valence-corrected chi connectivity index (χ4v) is 2.51. The van der Waals surface area contributed by atoms with E-state index in [1.54, 1.807) is 6.92 Å². The number of benzene rings is 2. The van der Waals surface area contributed by atoms with Crippen molar-refractivity contribution in [1.82, 2.24) is 4.90 Å². The number of anilines is 2. The second kappa shape index (κ2) is 8.97. The van der Waals surface area contributed by atoms with Gasteiger partial charge < -0.3 is 15.0 Å². The van der Waals surface area contributed by atoms with Crippen LogP contribution >= 0.6 is 0 Å². The quantitative estimate of drug-likeness (QED) is 0.766. The molecule has 2 aromatic carbocycles. The number of ether oxygens (including phenoxy) is 1. The molecular formula is C20H24F3N3O2. The van der Waals surface area contributed by atoms with Gasteiger partial charge in [0.2, 0.25) is 5.91 Å². The molecule has 8 heteroatoms. The van der Waals surface area contributed by atoms with Gasteiger partial charge in [-0.05, 0) is 55.9 Å². The highest BCUT2D eigenvalue weighted by atomic mass is 19.4. The highest BCUT2D eigenvalue weighted by Gasteiger charge is 2.31. The maximum absolute atomic E-state index is 12.4. The molecule has 0 radical (unpaired) electrons. The molecule has 1 amide bonds. The number of amides is 1. The van der Waals surface area contributed by atoms with Crippen LogP contribution in [0.25, 0.3) is 0 Å². The Bertz CT molecular complexity index is 775. The third-order valence-electron chi connectivity index (χ3n) is 4.28. The van der Waals surface area contributed by atoms with E-state index in [4.69, 9.17) is 0 Å². The second-order valence-electron chi connectivity index (χ2n) is 6.71. The van der Waals surface area contributed by atoms with Crippen molar-refractivity contribution in [2.45, 2.75) is 25.9 Å². The van der Waals surface area contributed by atoms with Gasteiger partial charge in [0.15, 0.2) is 0 Å². The average Bonchev–Trinajstić information content (AvgIpc) is 2.61. The lowest BCUT2D eigenvalue weighted by atomic mass is 10.1. The first kappa shape index (κ1) is 21.6. The number of carbonyl (C=O) groups is 1. The molecule has 0 heterocycles. The van der Waals surface area contributed by atoms with Crippen molar-refractivity contribution in [3.63, 3.8) is 0 Å². The zero-order chi connectivity index (χ0) is 20.9. The molecule has 0 saturated heterocycles. The summed E-state index contributed by atoms with van der Waals surface area (Å²) in [4.78, 5) is 16.3. The first-order valence-electron chi connectivity index (χ1n) is 8.68. The highest BCUT2D eigenvalue weighted by Crippen LogP contribution is 2.24. The van der Waals surface area contributed by atoms with Crippen molar-refractivity contribution in [3.8, 4) is 5.75 Å². The van der Waals surface area contributed by atoms with Crippen LogP contribution < -0.4 is 15.0 Å². The Hall–Kier alpha value is -2.74. The molecule has 0 unspecified atom stereocenters. The number of nitrogens with zero attached hydrogens (tertiary/aromatic N) is 2. The minimum absolute atomic E-state index is 0.253. The SMILES string of the molecule is C[C@H](C(=O)Nc1ccc(OC(F)(F)F)cc1)N(C)Cc1ccc(N(C)C)cc1. The Balaban J connectivity index is 1.92. The topological polar surface area (TPSA) is 44.8 Å². The van der Waals surface area contributed by atoms with Gasteiger partial charge in [0, 0.05) is 32.0 Å². The van der Waals surface area contributed by atoms with Gasteiger partial charge in [-0.3, -0.25) is 9.69 Å². The lowest BCUT2D eigenvalue weighted by Gasteiger charge is -2.24. The molecule has 1 N–H and O–H groups in total. The van der Waals surface area contributed by atoms with E-state index in [0.717, 1.165) is 23.4 Å². The van der Waals surface area contributed by atoms with Crippen molar-refractivity contribution >= 4 is 17.3 Å². The van der Waals surface area contributed by atoms with Crippen LogP contribution in [0.5, 0.6) is 5.75 Å². The maximum Gasteiger partial charge on any atom is 0.573 e. The molecule has 5 nitrogen and oxygen atoms in total. The molecule has 0 spiro atoms. The van der Waals surface area contributed by atoms with Crippen molar-refractivity contribution < 1.29 is 22.7 Å². The summed E-state index contributed by atoms with van der Waals surface area (Å²) in [5, 5.41) is 2.70. The van der Waals surface area contributed by atoms with Crippen LogP contribution in [-0.2, 0) is 11.3 Å². The molecule has 0 bridgehead atoms. The van der Waals surface area contributed by atoms with E-state index >= 15 is 0 Å². The molecule has 0 saturated carbocycles. The number of likely N-dealkylation sites (N-methyl/N-ethyl adjacent to an activating group) is 1.